The minimum atomic E-state index is -0.120. The Morgan fingerprint density at radius 1 is 1.03 bits per heavy atom. The quantitative estimate of drug-likeness (QED) is 0.337. The molecule has 0 aliphatic heterocycles. The number of amides is 1. The number of nitrogens with zero attached hydrogens (tertiary/aromatic N) is 4. The third kappa shape index (κ3) is 4.70. The van der Waals surface area contributed by atoms with Gasteiger partial charge in [-0.25, -0.2) is 0 Å². The number of anilines is 1. The van der Waals surface area contributed by atoms with Gasteiger partial charge in [0.15, 0.2) is 11.6 Å². The van der Waals surface area contributed by atoms with E-state index in [1.165, 1.54) is 18.0 Å². The standard InChI is InChI=1S/C22H17N5O4S/c28-19(23-16-8-7-14-4-1-2-5-15(14)12-16)9-10-20-24-18(27-31-20)13-32-22-26-25-21(30-22)17-6-3-11-29-17/h1-8,11-12H,9-10,13H2,(H,23,28). The zero-order valence-electron chi connectivity index (χ0n) is 16.7. The maximum Gasteiger partial charge on any atom is 0.284 e. The fourth-order valence-electron chi connectivity index (χ4n) is 3.06. The van der Waals surface area contributed by atoms with Gasteiger partial charge in [0.1, 0.15) is 0 Å². The van der Waals surface area contributed by atoms with Crippen molar-refractivity contribution >= 4 is 34.1 Å². The SMILES string of the molecule is O=C(CCc1nc(CSc2nnc(-c3ccco3)o2)no1)Nc1ccc2ccccc2c1. The number of furan rings is 1. The number of carbonyl (C=O) groups is 1. The first-order chi connectivity index (χ1) is 15.7. The molecule has 10 heteroatoms. The van der Waals surface area contributed by atoms with Gasteiger partial charge in [-0.15, -0.1) is 10.2 Å². The van der Waals surface area contributed by atoms with Gasteiger partial charge in [0.2, 0.25) is 11.8 Å². The molecule has 0 aliphatic carbocycles. The molecule has 0 saturated heterocycles. The number of rotatable bonds is 8. The first-order valence-electron chi connectivity index (χ1n) is 9.83. The third-order valence-electron chi connectivity index (χ3n) is 4.57. The van der Waals surface area contributed by atoms with Crippen LogP contribution in [0.15, 0.2) is 79.4 Å². The average Bonchev–Trinajstić information content (AvgIpc) is 3.58. The fourth-order valence-corrected chi connectivity index (χ4v) is 3.66. The largest absolute Gasteiger partial charge is 0.459 e. The van der Waals surface area contributed by atoms with Crippen molar-refractivity contribution < 1.29 is 18.2 Å². The topological polar surface area (TPSA) is 120 Å². The lowest BCUT2D eigenvalue weighted by Gasteiger charge is -2.05. The van der Waals surface area contributed by atoms with Crippen molar-refractivity contribution in [2.75, 3.05) is 5.32 Å². The second kappa shape index (κ2) is 9.06. The summed E-state index contributed by atoms with van der Waals surface area (Å²) in [5, 5.41) is 17.3. The van der Waals surface area contributed by atoms with Gasteiger partial charge in [0.05, 0.1) is 12.0 Å². The molecule has 160 valence electrons. The lowest BCUT2D eigenvalue weighted by atomic mass is 10.1. The van der Waals surface area contributed by atoms with E-state index in [-0.39, 0.29) is 12.3 Å². The highest BCUT2D eigenvalue weighted by Gasteiger charge is 2.14. The molecule has 0 bridgehead atoms. The summed E-state index contributed by atoms with van der Waals surface area (Å²) in [7, 11) is 0. The molecule has 0 unspecified atom stereocenters. The van der Waals surface area contributed by atoms with E-state index < -0.39 is 0 Å². The molecule has 0 aliphatic rings. The Hall–Kier alpha value is -3.92. The monoisotopic (exact) mass is 447 g/mol. The average molecular weight is 447 g/mol. The minimum absolute atomic E-state index is 0.120. The van der Waals surface area contributed by atoms with Gasteiger partial charge in [-0.2, -0.15) is 4.98 Å². The first kappa shape index (κ1) is 20.0. The van der Waals surface area contributed by atoms with Crippen molar-refractivity contribution in [1.29, 1.82) is 0 Å². The lowest BCUT2D eigenvalue weighted by molar-refractivity contribution is -0.116. The van der Waals surface area contributed by atoms with Crippen molar-refractivity contribution in [3.63, 3.8) is 0 Å². The number of aryl methyl sites for hydroxylation is 1. The molecule has 5 rings (SSSR count). The van der Waals surface area contributed by atoms with Gasteiger partial charge >= 0.3 is 0 Å². The second-order valence-electron chi connectivity index (χ2n) is 6.85. The highest BCUT2D eigenvalue weighted by Crippen LogP contribution is 2.25. The highest BCUT2D eigenvalue weighted by atomic mass is 32.2. The normalized spacial score (nSPS) is 11.1. The number of nitrogens with one attached hydrogen (secondary N) is 1. The highest BCUT2D eigenvalue weighted by molar-refractivity contribution is 7.98. The summed E-state index contributed by atoms with van der Waals surface area (Å²) >= 11 is 1.29. The molecule has 9 nitrogen and oxygen atoms in total. The molecule has 1 amide bonds. The van der Waals surface area contributed by atoms with E-state index in [0.29, 0.717) is 40.8 Å². The molecule has 3 aromatic heterocycles. The van der Waals surface area contributed by atoms with Crippen LogP contribution in [0.25, 0.3) is 22.4 Å². The summed E-state index contributed by atoms with van der Waals surface area (Å²) < 4.78 is 16.0. The van der Waals surface area contributed by atoms with Crippen LogP contribution in [0.1, 0.15) is 18.1 Å². The third-order valence-corrected chi connectivity index (χ3v) is 5.39. The van der Waals surface area contributed by atoms with E-state index in [1.54, 1.807) is 12.1 Å². The number of carbonyl (C=O) groups excluding carboxylic acids is 1. The van der Waals surface area contributed by atoms with Crippen LogP contribution in [0.5, 0.6) is 0 Å². The Bertz CT molecular complexity index is 1350. The Morgan fingerprint density at radius 3 is 2.81 bits per heavy atom. The number of aromatic nitrogens is 4. The van der Waals surface area contributed by atoms with Crippen molar-refractivity contribution in [3.05, 3.63) is 72.6 Å². The van der Waals surface area contributed by atoms with Crippen LogP contribution in [-0.4, -0.2) is 26.2 Å². The lowest BCUT2D eigenvalue weighted by Crippen LogP contribution is -2.12. The molecular weight excluding hydrogens is 430 g/mol. The molecule has 0 fully saturated rings. The van der Waals surface area contributed by atoms with Crippen molar-refractivity contribution in [2.45, 2.75) is 23.8 Å². The molecule has 1 N–H and O–H groups in total. The van der Waals surface area contributed by atoms with Crippen molar-refractivity contribution in [3.8, 4) is 11.7 Å². The van der Waals surface area contributed by atoms with E-state index >= 15 is 0 Å². The van der Waals surface area contributed by atoms with E-state index in [9.17, 15) is 4.79 Å². The van der Waals surface area contributed by atoms with Crippen LogP contribution in [0, 0.1) is 0 Å². The number of fused-ring (bicyclic) bond motifs is 1. The summed E-state index contributed by atoms with van der Waals surface area (Å²) in [6.07, 6.45) is 2.12. The van der Waals surface area contributed by atoms with Gasteiger partial charge in [0, 0.05) is 18.5 Å². The summed E-state index contributed by atoms with van der Waals surface area (Å²) in [4.78, 5) is 16.6. The maximum absolute atomic E-state index is 12.3. The summed E-state index contributed by atoms with van der Waals surface area (Å²) in [6.45, 7) is 0. The number of thioether (sulfide) groups is 1. The van der Waals surface area contributed by atoms with Crippen molar-refractivity contribution in [1.82, 2.24) is 20.3 Å². The smallest absolute Gasteiger partial charge is 0.284 e. The zero-order valence-corrected chi connectivity index (χ0v) is 17.5. The van der Waals surface area contributed by atoms with Crippen LogP contribution in [0.4, 0.5) is 5.69 Å². The van der Waals surface area contributed by atoms with E-state index in [0.717, 1.165) is 16.5 Å². The Kier molecular flexibility index (Phi) is 5.67. The molecular formula is C22H17N5O4S. The number of hydrogen-bond acceptors (Lipinski definition) is 9. The zero-order chi connectivity index (χ0) is 21.8. The van der Waals surface area contributed by atoms with Crippen molar-refractivity contribution in [2.24, 2.45) is 0 Å². The number of benzene rings is 2. The summed E-state index contributed by atoms with van der Waals surface area (Å²) in [6, 6.07) is 17.3. The predicted octanol–water partition coefficient (Wildman–Crippen LogP) is 4.73. The van der Waals surface area contributed by atoms with E-state index in [1.807, 2.05) is 42.5 Å². The van der Waals surface area contributed by atoms with Crippen LogP contribution in [-0.2, 0) is 17.0 Å². The molecule has 3 heterocycles. The first-order valence-corrected chi connectivity index (χ1v) is 10.8. The van der Waals surface area contributed by atoms with Gasteiger partial charge in [-0.05, 0) is 35.0 Å². The molecule has 0 saturated carbocycles. The Morgan fingerprint density at radius 2 is 1.94 bits per heavy atom. The molecule has 32 heavy (non-hydrogen) atoms. The Balaban J connectivity index is 1.11. The Labute approximate surface area is 186 Å². The van der Waals surface area contributed by atoms with Crippen LogP contribution in [0.3, 0.4) is 0 Å². The fraction of sp³-hybridized carbons (Fsp3) is 0.136. The van der Waals surface area contributed by atoms with Gasteiger partial charge in [0.25, 0.3) is 11.1 Å². The molecule has 0 radical (unpaired) electrons. The minimum Gasteiger partial charge on any atom is -0.459 e. The van der Waals surface area contributed by atoms with Crippen LogP contribution < -0.4 is 5.32 Å². The maximum atomic E-state index is 12.3. The van der Waals surface area contributed by atoms with Crippen LogP contribution in [0.2, 0.25) is 0 Å². The van der Waals surface area contributed by atoms with E-state index in [4.69, 9.17) is 13.4 Å². The second-order valence-corrected chi connectivity index (χ2v) is 7.78. The molecule has 5 aromatic rings. The summed E-state index contributed by atoms with van der Waals surface area (Å²) in [5.41, 5.74) is 0.754. The number of hydrogen-bond donors (Lipinski definition) is 1. The predicted molar refractivity (Wildman–Crippen MR) is 117 cm³/mol. The van der Waals surface area contributed by atoms with Gasteiger partial charge in [-0.1, -0.05) is 47.3 Å². The molecule has 0 spiro atoms. The van der Waals surface area contributed by atoms with Crippen LogP contribution >= 0.6 is 11.8 Å². The summed E-state index contributed by atoms with van der Waals surface area (Å²) in [5.74, 6) is 1.98. The van der Waals surface area contributed by atoms with Gasteiger partial charge in [-0.3, -0.25) is 4.79 Å². The molecule has 2 aromatic carbocycles. The van der Waals surface area contributed by atoms with Gasteiger partial charge < -0.3 is 18.7 Å². The molecule has 0 atom stereocenters. The van der Waals surface area contributed by atoms with E-state index in [2.05, 4.69) is 25.7 Å².